The third-order valence-corrected chi connectivity index (χ3v) is 3.96. The summed E-state index contributed by atoms with van der Waals surface area (Å²) >= 11 is 0. The maximum absolute atomic E-state index is 12.1. The lowest BCUT2D eigenvalue weighted by molar-refractivity contribution is -0.138. The van der Waals surface area contributed by atoms with Crippen LogP contribution in [0.4, 0.5) is 0 Å². The number of carboxylic acids is 1. The van der Waals surface area contributed by atoms with Gasteiger partial charge in [0, 0.05) is 24.4 Å². The van der Waals surface area contributed by atoms with Crippen molar-refractivity contribution in [1.29, 1.82) is 0 Å². The average Bonchev–Trinajstić information content (AvgIpc) is 2.87. The summed E-state index contributed by atoms with van der Waals surface area (Å²) in [6.07, 6.45) is 1.99. The van der Waals surface area contributed by atoms with E-state index in [2.05, 4.69) is 0 Å². The SMILES string of the molecule is CC1CCCN(Cc2ccc3oc(C(=O)O)cc3c2)C1=O. The van der Waals surface area contributed by atoms with Gasteiger partial charge in [-0.05, 0) is 36.6 Å². The Morgan fingerprint density at radius 1 is 1.43 bits per heavy atom. The molecule has 2 heterocycles. The number of carbonyl (C=O) groups excluding carboxylic acids is 1. The van der Waals surface area contributed by atoms with Gasteiger partial charge in [0.25, 0.3) is 0 Å². The number of fused-ring (bicyclic) bond motifs is 1. The molecule has 0 bridgehead atoms. The van der Waals surface area contributed by atoms with Crippen LogP contribution in [-0.2, 0) is 11.3 Å². The van der Waals surface area contributed by atoms with E-state index in [1.807, 2.05) is 24.0 Å². The molecule has 1 fully saturated rings. The second-order valence-corrected chi connectivity index (χ2v) is 5.59. The molecular formula is C16H17NO4. The third-order valence-electron chi connectivity index (χ3n) is 3.96. The fourth-order valence-corrected chi connectivity index (χ4v) is 2.81. The smallest absolute Gasteiger partial charge is 0.371 e. The number of rotatable bonds is 3. The summed E-state index contributed by atoms with van der Waals surface area (Å²) in [7, 11) is 0. The molecule has 1 aromatic carbocycles. The van der Waals surface area contributed by atoms with Gasteiger partial charge >= 0.3 is 5.97 Å². The quantitative estimate of drug-likeness (QED) is 0.942. The van der Waals surface area contributed by atoms with Crippen LogP contribution in [0, 0.1) is 5.92 Å². The molecule has 1 unspecified atom stereocenters. The molecule has 1 aliphatic heterocycles. The Morgan fingerprint density at radius 2 is 2.24 bits per heavy atom. The van der Waals surface area contributed by atoms with Crippen molar-refractivity contribution in [3.05, 3.63) is 35.6 Å². The number of hydrogen-bond donors (Lipinski definition) is 1. The van der Waals surface area contributed by atoms with Gasteiger partial charge in [-0.15, -0.1) is 0 Å². The average molecular weight is 287 g/mol. The molecule has 21 heavy (non-hydrogen) atoms. The minimum Gasteiger partial charge on any atom is -0.475 e. The highest BCUT2D eigenvalue weighted by Crippen LogP contribution is 2.24. The number of carboxylic acid groups (broad SMARTS) is 1. The fourth-order valence-electron chi connectivity index (χ4n) is 2.81. The molecule has 1 amide bonds. The highest BCUT2D eigenvalue weighted by molar-refractivity contribution is 5.91. The molecule has 1 N–H and O–H groups in total. The van der Waals surface area contributed by atoms with Gasteiger partial charge in [-0.25, -0.2) is 4.79 Å². The Hall–Kier alpha value is -2.30. The topological polar surface area (TPSA) is 70.8 Å². The molecule has 5 heteroatoms. The maximum Gasteiger partial charge on any atom is 0.371 e. The van der Waals surface area contributed by atoms with Gasteiger partial charge in [-0.2, -0.15) is 0 Å². The summed E-state index contributed by atoms with van der Waals surface area (Å²) in [5.74, 6) is -0.854. The number of furan rings is 1. The van der Waals surface area contributed by atoms with E-state index in [1.54, 1.807) is 6.07 Å². The van der Waals surface area contributed by atoms with Gasteiger partial charge in [-0.1, -0.05) is 13.0 Å². The molecular weight excluding hydrogens is 270 g/mol. The molecule has 0 radical (unpaired) electrons. The number of hydrogen-bond acceptors (Lipinski definition) is 3. The van der Waals surface area contributed by atoms with Crippen molar-refractivity contribution in [3.63, 3.8) is 0 Å². The van der Waals surface area contributed by atoms with Crippen LogP contribution in [0.5, 0.6) is 0 Å². The van der Waals surface area contributed by atoms with Gasteiger partial charge in [0.05, 0.1) is 0 Å². The summed E-state index contributed by atoms with van der Waals surface area (Å²) < 4.78 is 5.23. The standard InChI is InChI=1S/C16H17NO4/c1-10-3-2-6-17(15(10)18)9-11-4-5-13-12(7-11)8-14(21-13)16(19)20/h4-5,7-8,10H,2-3,6,9H2,1H3,(H,19,20). The Balaban J connectivity index is 1.84. The van der Waals surface area contributed by atoms with Gasteiger partial charge in [0.15, 0.2) is 0 Å². The van der Waals surface area contributed by atoms with Crippen molar-refractivity contribution in [2.45, 2.75) is 26.3 Å². The van der Waals surface area contributed by atoms with E-state index in [-0.39, 0.29) is 17.6 Å². The van der Waals surface area contributed by atoms with Crippen LogP contribution in [0.25, 0.3) is 11.0 Å². The number of amides is 1. The highest BCUT2D eigenvalue weighted by Gasteiger charge is 2.25. The van der Waals surface area contributed by atoms with Gasteiger partial charge < -0.3 is 14.4 Å². The lowest BCUT2D eigenvalue weighted by atomic mass is 9.98. The third kappa shape index (κ3) is 2.63. The molecule has 0 saturated carbocycles. The minimum atomic E-state index is -1.08. The van der Waals surface area contributed by atoms with Gasteiger partial charge in [-0.3, -0.25) is 4.79 Å². The van der Waals surface area contributed by atoms with Crippen molar-refractivity contribution in [1.82, 2.24) is 4.90 Å². The van der Waals surface area contributed by atoms with E-state index in [4.69, 9.17) is 9.52 Å². The zero-order chi connectivity index (χ0) is 15.0. The number of benzene rings is 1. The Bertz CT molecular complexity index is 703. The van der Waals surface area contributed by atoms with E-state index >= 15 is 0 Å². The largest absolute Gasteiger partial charge is 0.475 e. The number of nitrogens with zero attached hydrogens (tertiary/aromatic N) is 1. The first-order valence-electron chi connectivity index (χ1n) is 7.09. The Kier molecular flexibility index (Phi) is 3.41. The maximum atomic E-state index is 12.1. The van der Waals surface area contributed by atoms with Crippen LogP contribution >= 0.6 is 0 Å². The lowest BCUT2D eigenvalue weighted by Crippen LogP contribution is -2.39. The number of carbonyl (C=O) groups is 2. The first-order chi connectivity index (χ1) is 10.0. The second kappa shape index (κ2) is 5.24. The summed E-state index contributed by atoms with van der Waals surface area (Å²) in [6, 6.07) is 7.04. The fraction of sp³-hybridized carbons (Fsp3) is 0.375. The Labute approximate surface area is 122 Å². The van der Waals surface area contributed by atoms with Crippen LogP contribution in [0.3, 0.4) is 0 Å². The predicted molar refractivity (Wildman–Crippen MR) is 77.0 cm³/mol. The Morgan fingerprint density at radius 3 is 3.00 bits per heavy atom. The predicted octanol–water partition coefficient (Wildman–Crippen LogP) is 2.89. The lowest BCUT2D eigenvalue weighted by Gasteiger charge is -2.30. The van der Waals surface area contributed by atoms with E-state index in [0.717, 1.165) is 30.3 Å². The molecule has 5 nitrogen and oxygen atoms in total. The van der Waals surface area contributed by atoms with Crippen molar-refractivity contribution in [3.8, 4) is 0 Å². The summed E-state index contributed by atoms with van der Waals surface area (Å²) in [5.41, 5.74) is 1.54. The van der Waals surface area contributed by atoms with E-state index in [0.29, 0.717) is 12.1 Å². The highest BCUT2D eigenvalue weighted by atomic mass is 16.4. The first kappa shape index (κ1) is 13.7. The molecule has 1 aromatic heterocycles. The molecule has 110 valence electrons. The molecule has 3 rings (SSSR count). The van der Waals surface area contributed by atoms with Gasteiger partial charge in [0.1, 0.15) is 5.58 Å². The monoisotopic (exact) mass is 287 g/mol. The molecule has 0 aliphatic carbocycles. The normalized spacial score (nSPS) is 19.2. The molecule has 2 aromatic rings. The molecule has 1 saturated heterocycles. The van der Waals surface area contributed by atoms with Crippen molar-refractivity contribution in [2.75, 3.05) is 6.54 Å². The van der Waals surface area contributed by atoms with Crippen LogP contribution < -0.4 is 0 Å². The minimum absolute atomic E-state index is 0.0650. The van der Waals surface area contributed by atoms with Crippen LogP contribution in [0.15, 0.2) is 28.7 Å². The van der Waals surface area contributed by atoms with E-state index in [1.165, 1.54) is 6.07 Å². The van der Waals surface area contributed by atoms with Crippen molar-refractivity contribution >= 4 is 22.8 Å². The zero-order valence-electron chi connectivity index (χ0n) is 11.8. The molecule has 1 atom stereocenters. The van der Waals surface area contributed by atoms with Crippen LogP contribution in [-0.4, -0.2) is 28.4 Å². The van der Waals surface area contributed by atoms with Crippen LogP contribution in [0.1, 0.15) is 35.9 Å². The van der Waals surface area contributed by atoms with Crippen molar-refractivity contribution < 1.29 is 19.1 Å². The second-order valence-electron chi connectivity index (χ2n) is 5.59. The number of aromatic carboxylic acids is 1. The van der Waals surface area contributed by atoms with E-state index in [9.17, 15) is 9.59 Å². The number of likely N-dealkylation sites (tertiary alicyclic amines) is 1. The summed E-state index contributed by atoms with van der Waals surface area (Å²) in [5, 5.41) is 9.69. The zero-order valence-corrected chi connectivity index (χ0v) is 11.8. The molecule has 1 aliphatic rings. The van der Waals surface area contributed by atoms with E-state index < -0.39 is 5.97 Å². The summed E-state index contributed by atoms with van der Waals surface area (Å²) in [6.45, 7) is 3.31. The van der Waals surface area contributed by atoms with Crippen molar-refractivity contribution in [2.24, 2.45) is 5.92 Å². The first-order valence-corrected chi connectivity index (χ1v) is 7.09. The van der Waals surface area contributed by atoms with Crippen LogP contribution in [0.2, 0.25) is 0 Å². The molecule has 0 spiro atoms. The van der Waals surface area contributed by atoms with Gasteiger partial charge in [0.2, 0.25) is 11.7 Å². The summed E-state index contributed by atoms with van der Waals surface area (Å²) in [4.78, 5) is 24.9. The number of piperidine rings is 1.